The number of pyridine rings is 1. The number of anilines is 2. The molecule has 0 atom stereocenters. The fourth-order valence-corrected chi connectivity index (χ4v) is 0.833. The summed E-state index contributed by atoms with van der Waals surface area (Å²) in [5.41, 5.74) is 8.03. The van der Waals surface area contributed by atoms with Crippen molar-refractivity contribution in [3.05, 3.63) is 17.8 Å². The van der Waals surface area contributed by atoms with Gasteiger partial charge < -0.3 is 11.1 Å². The Hall–Kier alpha value is -1.82. The van der Waals surface area contributed by atoms with E-state index in [2.05, 4.69) is 10.3 Å². The first-order valence-electron chi connectivity index (χ1n) is 3.57. The number of hydrogen-bond acceptors (Lipinski definition) is 4. The number of nitrogen functional groups attached to an aromatic ring is 1. The number of amides is 2. The molecule has 1 aromatic rings. The second-order valence-electron chi connectivity index (χ2n) is 2.45. The molecule has 6 heteroatoms. The standard InChI is InChI=1S/C7H10N4O2/c1-4-2-3-5(6(8)9-4)10-7(12)11-13/h2-3,13H,1H3,(H2,8,9)(H2,10,11,12). The van der Waals surface area contributed by atoms with E-state index in [-0.39, 0.29) is 5.82 Å². The van der Waals surface area contributed by atoms with Crippen LogP contribution in [0.4, 0.5) is 16.3 Å². The monoisotopic (exact) mass is 182 g/mol. The van der Waals surface area contributed by atoms with E-state index < -0.39 is 6.03 Å². The van der Waals surface area contributed by atoms with Crippen molar-refractivity contribution < 1.29 is 10.0 Å². The van der Waals surface area contributed by atoms with Crippen molar-refractivity contribution in [2.75, 3.05) is 11.1 Å². The highest BCUT2D eigenvalue weighted by Crippen LogP contribution is 2.14. The minimum Gasteiger partial charge on any atom is -0.382 e. The predicted molar refractivity (Wildman–Crippen MR) is 47.3 cm³/mol. The number of carbonyl (C=O) groups excluding carboxylic acids is 1. The fraction of sp³-hybridized carbons (Fsp3) is 0.143. The second kappa shape index (κ2) is 3.72. The fourth-order valence-electron chi connectivity index (χ4n) is 0.833. The number of nitrogens with zero attached hydrogens (tertiary/aromatic N) is 1. The van der Waals surface area contributed by atoms with Crippen LogP contribution in [0.1, 0.15) is 5.69 Å². The average molecular weight is 182 g/mol. The van der Waals surface area contributed by atoms with E-state index in [1.165, 1.54) is 5.48 Å². The van der Waals surface area contributed by atoms with Gasteiger partial charge in [0.25, 0.3) is 0 Å². The number of urea groups is 1. The Bertz CT molecular complexity index is 326. The van der Waals surface area contributed by atoms with Gasteiger partial charge in [-0.2, -0.15) is 0 Å². The Labute approximate surface area is 74.7 Å². The maximum atomic E-state index is 10.7. The molecule has 1 aromatic heterocycles. The molecule has 1 rings (SSSR count). The third-order valence-electron chi connectivity index (χ3n) is 1.41. The first-order valence-corrected chi connectivity index (χ1v) is 3.57. The maximum absolute atomic E-state index is 10.7. The molecule has 2 amide bonds. The number of nitrogens with two attached hydrogens (primary N) is 1. The lowest BCUT2D eigenvalue weighted by atomic mass is 10.3. The van der Waals surface area contributed by atoms with E-state index in [1.54, 1.807) is 19.1 Å². The molecule has 0 aromatic carbocycles. The molecule has 0 spiro atoms. The van der Waals surface area contributed by atoms with Crippen LogP contribution in [0.2, 0.25) is 0 Å². The minimum atomic E-state index is -0.752. The molecule has 1 heterocycles. The Morgan fingerprint density at radius 3 is 2.85 bits per heavy atom. The van der Waals surface area contributed by atoms with Gasteiger partial charge in [-0.3, -0.25) is 5.21 Å². The molecule has 0 aliphatic carbocycles. The second-order valence-corrected chi connectivity index (χ2v) is 2.45. The normalized spacial score (nSPS) is 9.38. The van der Waals surface area contributed by atoms with Crippen LogP contribution < -0.4 is 16.5 Å². The molecular formula is C7H10N4O2. The van der Waals surface area contributed by atoms with Crippen LogP contribution in [0.3, 0.4) is 0 Å². The largest absolute Gasteiger partial charge is 0.382 e. The van der Waals surface area contributed by atoms with E-state index in [4.69, 9.17) is 10.9 Å². The van der Waals surface area contributed by atoms with Crippen molar-refractivity contribution in [1.29, 1.82) is 0 Å². The number of nitrogens with one attached hydrogen (secondary N) is 2. The summed E-state index contributed by atoms with van der Waals surface area (Å²) in [7, 11) is 0. The number of aryl methyl sites for hydroxylation is 1. The van der Waals surface area contributed by atoms with Crippen LogP contribution in [0.15, 0.2) is 12.1 Å². The summed E-state index contributed by atoms with van der Waals surface area (Å²) in [6.45, 7) is 1.78. The van der Waals surface area contributed by atoms with Gasteiger partial charge in [0.2, 0.25) is 0 Å². The summed E-state index contributed by atoms with van der Waals surface area (Å²) >= 11 is 0. The maximum Gasteiger partial charge on any atom is 0.343 e. The van der Waals surface area contributed by atoms with Crippen LogP contribution in [-0.4, -0.2) is 16.2 Å². The number of aromatic nitrogens is 1. The van der Waals surface area contributed by atoms with Gasteiger partial charge in [-0.15, -0.1) is 0 Å². The lowest BCUT2D eigenvalue weighted by Gasteiger charge is -2.06. The summed E-state index contributed by atoms with van der Waals surface area (Å²) in [6, 6.07) is 2.55. The number of carbonyl (C=O) groups is 1. The zero-order valence-electron chi connectivity index (χ0n) is 7.03. The molecule has 6 nitrogen and oxygen atoms in total. The smallest absolute Gasteiger partial charge is 0.343 e. The zero-order chi connectivity index (χ0) is 9.84. The molecule has 13 heavy (non-hydrogen) atoms. The van der Waals surface area contributed by atoms with Crippen LogP contribution in [0, 0.1) is 6.92 Å². The SMILES string of the molecule is Cc1ccc(NC(=O)NO)c(N)n1. The first kappa shape index (κ1) is 9.27. The van der Waals surface area contributed by atoms with Crippen molar-refractivity contribution >= 4 is 17.5 Å². The highest BCUT2D eigenvalue weighted by Gasteiger charge is 2.03. The highest BCUT2D eigenvalue weighted by atomic mass is 16.5. The third-order valence-corrected chi connectivity index (χ3v) is 1.41. The molecule has 70 valence electrons. The summed E-state index contributed by atoms with van der Waals surface area (Å²) < 4.78 is 0. The molecule has 5 N–H and O–H groups in total. The topological polar surface area (TPSA) is 100 Å². The van der Waals surface area contributed by atoms with Gasteiger partial charge in [-0.05, 0) is 19.1 Å². The van der Waals surface area contributed by atoms with Crippen LogP contribution >= 0.6 is 0 Å². The van der Waals surface area contributed by atoms with E-state index in [0.29, 0.717) is 5.69 Å². The molecule has 0 radical (unpaired) electrons. The summed E-state index contributed by atoms with van der Waals surface area (Å²) in [6.07, 6.45) is 0. The van der Waals surface area contributed by atoms with Gasteiger partial charge in [0, 0.05) is 5.69 Å². The third kappa shape index (κ3) is 2.31. The van der Waals surface area contributed by atoms with Crippen molar-refractivity contribution in [1.82, 2.24) is 10.5 Å². The van der Waals surface area contributed by atoms with Gasteiger partial charge in [0.05, 0.1) is 5.69 Å². The minimum absolute atomic E-state index is 0.212. The first-order chi connectivity index (χ1) is 6.13. The lowest BCUT2D eigenvalue weighted by molar-refractivity contribution is 0.172. The average Bonchev–Trinajstić information content (AvgIpc) is 2.09. The summed E-state index contributed by atoms with van der Waals surface area (Å²) in [5.74, 6) is 0.212. The van der Waals surface area contributed by atoms with Crippen molar-refractivity contribution in [2.45, 2.75) is 6.92 Å². The zero-order valence-corrected chi connectivity index (χ0v) is 7.03. The summed E-state index contributed by atoms with van der Waals surface area (Å²) in [5, 5.41) is 10.5. The molecule has 0 saturated carbocycles. The van der Waals surface area contributed by atoms with Crippen LogP contribution in [0.5, 0.6) is 0 Å². The van der Waals surface area contributed by atoms with Gasteiger partial charge in [0.1, 0.15) is 5.82 Å². The number of hydroxylamine groups is 1. The van der Waals surface area contributed by atoms with E-state index in [0.717, 1.165) is 5.69 Å². The predicted octanol–water partition coefficient (Wildman–Crippen LogP) is 0.483. The Kier molecular flexibility index (Phi) is 2.65. The molecule has 0 aliphatic rings. The number of rotatable bonds is 1. The molecule has 0 unspecified atom stereocenters. The van der Waals surface area contributed by atoms with E-state index in [9.17, 15) is 4.79 Å². The van der Waals surface area contributed by atoms with Crippen molar-refractivity contribution in [2.24, 2.45) is 0 Å². The molecule has 0 fully saturated rings. The summed E-state index contributed by atoms with van der Waals surface area (Å²) in [4.78, 5) is 14.6. The van der Waals surface area contributed by atoms with Crippen LogP contribution in [-0.2, 0) is 0 Å². The molecule has 0 aliphatic heterocycles. The molecule has 0 saturated heterocycles. The highest BCUT2D eigenvalue weighted by molar-refractivity contribution is 5.91. The Morgan fingerprint density at radius 2 is 2.31 bits per heavy atom. The molecular weight excluding hydrogens is 172 g/mol. The lowest BCUT2D eigenvalue weighted by Crippen LogP contribution is -2.25. The van der Waals surface area contributed by atoms with E-state index in [1.807, 2.05) is 0 Å². The van der Waals surface area contributed by atoms with E-state index >= 15 is 0 Å². The number of hydrogen-bond donors (Lipinski definition) is 4. The van der Waals surface area contributed by atoms with Crippen LogP contribution in [0.25, 0.3) is 0 Å². The van der Waals surface area contributed by atoms with Gasteiger partial charge in [-0.25, -0.2) is 15.3 Å². The Balaban J connectivity index is 2.83. The quantitative estimate of drug-likeness (QED) is 0.375. The van der Waals surface area contributed by atoms with Gasteiger partial charge in [-0.1, -0.05) is 0 Å². The van der Waals surface area contributed by atoms with Crippen molar-refractivity contribution in [3.8, 4) is 0 Å². The Morgan fingerprint density at radius 1 is 1.62 bits per heavy atom. The van der Waals surface area contributed by atoms with Crippen molar-refractivity contribution in [3.63, 3.8) is 0 Å². The van der Waals surface area contributed by atoms with Gasteiger partial charge in [0.15, 0.2) is 0 Å². The molecule has 0 bridgehead atoms. The van der Waals surface area contributed by atoms with Gasteiger partial charge >= 0.3 is 6.03 Å².